The monoisotopic (exact) mass is 263 g/mol. The molecule has 0 aliphatic rings. The molecule has 1 N–H and O–H groups in total. The molecule has 3 aromatic rings. The summed E-state index contributed by atoms with van der Waals surface area (Å²) in [5.41, 5.74) is 2.21. The summed E-state index contributed by atoms with van der Waals surface area (Å²) in [5.74, 6) is 0.776. The third-order valence-corrected chi connectivity index (χ3v) is 3.17. The Kier molecular flexibility index (Phi) is 3.46. The zero-order chi connectivity index (χ0) is 13.8. The summed E-state index contributed by atoms with van der Waals surface area (Å²) >= 11 is 0. The second kappa shape index (κ2) is 5.57. The molecule has 0 saturated heterocycles. The van der Waals surface area contributed by atoms with E-state index in [1.807, 2.05) is 36.4 Å². The van der Waals surface area contributed by atoms with Crippen LogP contribution in [0.15, 0.2) is 66.9 Å². The van der Waals surface area contributed by atoms with Gasteiger partial charge in [-0.3, -0.25) is 5.10 Å². The summed E-state index contributed by atoms with van der Waals surface area (Å²) in [6, 6.07) is 21.5. The fraction of sp³-hybridized carbons (Fsp3) is 0.0625. The number of aromatic amines is 1. The Morgan fingerprint density at radius 1 is 0.950 bits per heavy atom. The zero-order valence-corrected chi connectivity index (χ0v) is 11.2. The lowest BCUT2D eigenvalue weighted by atomic mass is 10.1. The highest BCUT2D eigenvalue weighted by Crippen LogP contribution is 2.32. The van der Waals surface area contributed by atoms with Gasteiger partial charge in [-0.1, -0.05) is 53.7 Å². The number of para-hydroxylation sites is 1. The number of benzene rings is 2. The molecule has 0 aliphatic carbocycles. The Bertz CT molecular complexity index is 635. The predicted octanol–water partition coefficient (Wildman–Crippen LogP) is 3.54. The number of hydrogen-bond acceptors (Lipinski definition) is 3. The van der Waals surface area contributed by atoms with Gasteiger partial charge in [-0.15, -0.1) is 5.10 Å². The lowest BCUT2D eigenvalue weighted by molar-refractivity contribution is 0.915. The summed E-state index contributed by atoms with van der Waals surface area (Å²) in [4.78, 5) is 2.08. The van der Waals surface area contributed by atoms with Crippen molar-refractivity contribution >= 4 is 11.5 Å². The van der Waals surface area contributed by atoms with Crippen molar-refractivity contribution < 1.29 is 0 Å². The van der Waals surface area contributed by atoms with Gasteiger partial charge in [0.1, 0.15) is 0 Å². The van der Waals surface area contributed by atoms with Crippen molar-refractivity contribution in [1.29, 1.82) is 0 Å². The van der Waals surface area contributed by atoms with Crippen molar-refractivity contribution in [3.05, 3.63) is 78.5 Å². The zero-order valence-electron chi connectivity index (χ0n) is 11.2. The Balaban J connectivity index is 2.03. The minimum Gasteiger partial charge on any atom is -0.311 e. The maximum absolute atomic E-state index is 4.14. The van der Waals surface area contributed by atoms with E-state index < -0.39 is 0 Å². The summed E-state index contributed by atoms with van der Waals surface area (Å²) in [6.45, 7) is 2.08. The molecule has 0 spiro atoms. The molecule has 4 nitrogen and oxygen atoms in total. The highest BCUT2D eigenvalue weighted by Gasteiger charge is 2.21. The molecule has 3 rings (SSSR count). The summed E-state index contributed by atoms with van der Waals surface area (Å²) < 4.78 is 0. The highest BCUT2D eigenvalue weighted by molar-refractivity contribution is 5.65. The van der Waals surface area contributed by atoms with E-state index >= 15 is 0 Å². The quantitative estimate of drug-likeness (QED) is 0.783. The number of aromatic nitrogens is 3. The smallest absolute Gasteiger partial charge is 0.176 e. The van der Waals surface area contributed by atoms with E-state index in [0.717, 1.165) is 23.1 Å². The molecule has 1 radical (unpaired) electrons. The molecule has 99 valence electrons. The molecule has 0 atom stereocenters. The number of nitrogens with one attached hydrogen (secondary N) is 1. The third-order valence-electron chi connectivity index (χ3n) is 3.17. The van der Waals surface area contributed by atoms with Crippen LogP contribution in [0.1, 0.15) is 12.5 Å². The minimum atomic E-state index is 0.776. The van der Waals surface area contributed by atoms with Gasteiger partial charge >= 0.3 is 0 Å². The lowest BCUT2D eigenvalue weighted by Gasteiger charge is -2.28. The predicted molar refractivity (Wildman–Crippen MR) is 79.4 cm³/mol. The van der Waals surface area contributed by atoms with Crippen LogP contribution in [0.2, 0.25) is 0 Å². The van der Waals surface area contributed by atoms with Gasteiger partial charge in [0.25, 0.3) is 0 Å². The van der Waals surface area contributed by atoms with Gasteiger partial charge in [0.15, 0.2) is 5.82 Å². The van der Waals surface area contributed by atoms with Crippen LogP contribution in [-0.4, -0.2) is 15.4 Å². The Morgan fingerprint density at radius 3 is 2.20 bits per heavy atom. The Hall–Kier alpha value is -2.62. The maximum Gasteiger partial charge on any atom is 0.176 e. The van der Waals surface area contributed by atoms with Gasteiger partial charge in [-0.05, 0) is 24.6 Å². The average molecular weight is 263 g/mol. The molecule has 0 fully saturated rings. The van der Waals surface area contributed by atoms with Gasteiger partial charge in [-0.25, -0.2) is 0 Å². The normalized spacial score (nSPS) is 10.7. The van der Waals surface area contributed by atoms with Gasteiger partial charge in [-0.2, -0.15) is 0 Å². The second-order valence-corrected chi connectivity index (χ2v) is 4.45. The number of H-pyrrole nitrogens is 1. The minimum absolute atomic E-state index is 0.776. The van der Waals surface area contributed by atoms with E-state index in [2.05, 4.69) is 51.5 Å². The van der Waals surface area contributed by atoms with Crippen molar-refractivity contribution in [2.75, 3.05) is 4.90 Å². The molecule has 2 aromatic carbocycles. The fourth-order valence-electron chi connectivity index (χ4n) is 2.19. The van der Waals surface area contributed by atoms with Crippen molar-refractivity contribution in [2.24, 2.45) is 0 Å². The standard InChI is InChI=1S/C16H15N4/c1-13(14-8-4-2-5-9-14)20(16-12-17-19-18-16)15-10-6-3-7-11-15/h2-12H,1H3,(H,17,18,19). The van der Waals surface area contributed by atoms with Crippen molar-refractivity contribution in [3.8, 4) is 0 Å². The summed E-state index contributed by atoms with van der Waals surface area (Å²) in [6.07, 6.45) is 1.79. The third kappa shape index (κ3) is 2.40. The van der Waals surface area contributed by atoms with Crippen LogP contribution in [0.3, 0.4) is 0 Å². The first-order valence-corrected chi connectivity index (χ1v) is 6.47. The largest absolute Gasteiger partial charge is 0.311 e. The molecule has 0 unspecified atom stereocenters. The Morgan fingerprint density at radius 2 is 1.60 bits per heavy atom. The molecule has 0 saturated carbocycles. The van der Waals surface area contributed by atoms with Crippen molar-refractivity contribution in [2.45, 2.75) is 6.92 Å². The van der Waals surface area contributed by atoms with Crippen LogP contribution in [0, 0.1) is 6.04 Å². The number of hydrogen-bond donors (Lipinski definition) is 1. The topological polar surface area (TPSA) is 44.8 Å². The molecule has 4 heteroatoms. The molecular formula is C16H15N4. The van der Waals surface area contributed by atoms with E-state index in [0.29, 0.717) is 0 Å². The molecule has 1 heterocycles. The van der Waals surface area contributed by atoms with Crippen LogP contribution in [-0.2, 0) is 0 Å². The molecule has 1 aromatic heterocycles. The second-order valence-electron chi connectivity index (χ2n) is 4.45. The first kappa shape index (κ1) is 12.4. The van der Waals surface area contributed by atoms with E-state index in [4.69, 9.17) is 0 Å². The van der Waals surface area contributed by atoms with Crippen LogP contribution >= 0.6 is 0 Å². The molecule has 0 bridgehead atoms. The van der Waals surface area contributed by atoms with E-state index in [9.17, 15) is 0 Å². The van der Waals surface area contributed by atoms with E-state index in [1.165, 1.54) is 0 Å². The summed E-state index contributed by atoms with van der Waals surface area (Å²) in [5, 5.41) is 10.7. The molecule has 20 heavy (non-hydrogen) atoms. The van der Waals surface area contributed by atoms with Gasteiger partial charge in [0.2, 0.25) is 0 Å². The fourth-order valence-corrected chi connectivity index (χ4v) is 2.19. The molecule has 0 amide bonds. The molecular weight excluding hydrogens is 248 g/mol. The van der Waals surface area contributed by atoms with E-state index in [1.54, 1.807) is 6.20 Å². The van der Waals surface area contributed by atoms with Crippen LogP contribution in [0.4, 0.5) is 11.5 Å². The first-order valence-electron chi connectivity index (χ1n) is 6.47. The maximum atomic E-state index is 4.14. The van der Waals surface area contributed by atoms with E-state index in [-0.39, 0.29) is 0 Å². The van der Waals surface area contributed by atoms with Crippen LogP contribution < -0.4 is 4.90 Å². The molecule has 0 aliphatic heterocycles. The van der Waals surface area contributed by atoms with Crippen LogP contribution in [0.5, 0.6) is 0 Å². The Labute approximate surface area is 118 Å². The first-order chi connectivity index (χ1) is 9.86. The van der Waals surface area contributed by atoms with Gasteiger partial charge < -0.3 is 4.90 Å². The van der Waals surface area contributed by atoms with Crippen molar-refractivity contribution in [1.82, 2.24) is 15.4 Å². The highest BCUT2D eigenvalue weighted by atomic mass is 15.4. The van der Waals surface area contributed by atoms with Crippen LogP contribution in [0.25, 0.3) is 0 Å². The SMILES string of the molecule is C[C](c1ccccc1)N(c1ccccc1)c1c[nH]nn1. The summed E-state index contributed by atoms with van der Waals surface area (Å²) in [7, 11) is 0. The average Bonchev–Trinajstić information content (AvgIpc) is 3.03. The lowest BCUT2D eigenvalue weighted by Crippen LogP contribution is -2.22. The van der Waals surface area contributed by atoms with Gasteiger partial charge in [0.05, 0.1) is 12.2 Å². The van der Waals surface area contributed by atoms with Crippen molar-refractivity contribution in [3.63, 3.8) is 0 Å². The number of rotatable bonds is 4. The van der Waals surface area contributed by atoms with Gasteiger partial charge in [0, 0.05) is 5.69 Å². The number of nitrogens with zero attached hydrogens (tertiary/aromatic N) is 3. The number of anilines is 2.